The van der Waals surface area contributed by atoms with E-state index in [0.717, 1.165) is 19.6 Å². The van der Waals surface area contributed by atoms with Crippen LogP contribution in [0, 0.1) is 0 Å². The average Bonchev–Trinajstić information content (AvgIpc) is 3.17. The Balaban J connectivity index is 1.91. The van der Waals surface area contributed by atoms with Gasteiger partial charge in [-0.3, -0.25) is 4.31 Å². The molecule has 0 amide bonds. The van der Waals surface area contributed by atoms with Gasteiger partial charge in [0.05, 0.1) is 15.6 Å². The molecule has 3 rings (SSSR count). The van der Waals surface area contributed by atoms with Gasteiger partial charge in [0.1, 0.15) is 0 Å². The predicted molar refractivity (Wildman–Crippen MR) is 130 cm³/mol. The lowest BCUT2D eigenvalue weighted by atomic mass is 10.2. The number of benzene rings is 2. The molecular weight excluding hydrogens is 483 g/mol. The Morgan fingerprint density at radius 1 is 1.13 bits per heavy atom. The van der Waals surface area contributed by atoms with Gasteiger partial charge in [0.2, 0.25) is 0 Å². The summed E-state index contributed by atoms with van der Waals surface area (Å²) in [6, 6.07) is 10.7. The highest BCUT2D eigenvalue weighted by Crippen LogP contribution is 2.35. The molecule has 0 spiro atoms. The van der Waals surface area contributed by atoms with Gasteiger partial charge < -0.3 is 4.90 Å². The van der Waals surface area contributed by atoms with E-state index < -0.39 is 10.0 Å². The number of halogens is 3. The van der Waals surface area contributed by atoms with E-state index in [9.17, 15) is 8.42 Å². The van der Waals surface area contributed by atoms with Crippen molar-refractivity contribution in [1.82, 2.24) is 4.90 Å². The summed E-state index contributed by atoms with van der Waals surface area (Å²) < 4.78 is 28.6. The average molecular weight is 508 g/mol. The minimum Gasteiger partial charge on any atom is -0.302 e. The quantitative estimate of drug-likeness (QED) is 0.435. The molecule has 30 heavy (non-hydrogen) atoms. The summed E-state index contributed by atoms with van der Waals surface area (Å²) in [5.74, 6) is 0. The molecule has 2 atom stereocenters. The first-order valence-electron chi connectivity index (χ1n) is 9.72. The number of sulfonamides is 1. The van der Waals surface area contributed by atoms with Crippen LogP contribution in [0.4, 0.5) is 5.69 Å². The maximum atomic E-state index is 13.6. The molecule has 2 aromatic rings. The lowest BCUT2D eigenvalue weighted by Gasteiger charge is -2.32. The number of anilines is 1. The van der Waals surface area contributed by atoms with Crippen LogP contribution < -0.4 is 4.31 Å². The molecule has 1 aliphatic rings. The van der Waals surface area contributed by atoms with Gasteiger partial charge >= 0.3 is 0 Å². The fraction of sp³-hybridized carbons (Fsp3) is 0.429. The summed E-state index contributed by atoms with van der Waals surface area (Å²) in [4.78, 5) is 2.56. The van der Waals surface area contributed by atoms with Gasteiger partial charge in [0.25, 0.3) is 10.0 Å². The van der Waals surface area contributed by atoms with Gasteiger partial charge in [0.15, 0.2) is 0 Å². The van der Waals surface area contributed by atoms with Crippen LogP contribution in [-0.4, -0.2) is 50.5 Å². The minimum atomic E-state index is -3.86. The summed E-state index contributed by atoms with van der Waals surface area (Å²) in [6.07, 6.45) is 3.98. The Hall–Kier alpha value is -0.630. The summed E-state index contributed by atoms with van der Waals surface area (Å²) in [5.41, 5.74) is 0.384. The summed E-state index contributed by atoms with van der Waals surface area (Å²) in [6.45, 7) is 4.81. The highest BCUT2D eigenvalue weighted by atomic mass is 35.5. The number of hydrogen-bond donors (Lipinski definition) is 0. The Kier molecular flexibility index (Phi) is 8.27. The molecule has 0 aromatic heterocycles. The smallest absolute Gasteiger partial charge is 0.264 e. The molecular formula is C21H25Cl3N2O2S2. The van der Waals surface area contributed by atoms with Crippen molar-refractivity contribution in [2.24, 2.45) is 0 Å². The van der Waals surface area contributed by atoms with Crippen molar-refractivity contribution >= 4 is 62.3 Å². The topological polar surface area (TPSA) is 40.6 Å². The van der Waals surface area contributed by atoms with Crippen molar-refractivity contribution in [2.75, 3.05) is 30.2 Å². The van der Waals surface area contributed by atoms with E-state index >= 15 is 0 Å². The third kappa shape index (κ3) is 5.59. The molecule has 0 aliphatic carbocycles. The fourth-order valence-electron chi connectivity index (χ4n) is 3.66. The van der Waals surface area contributed by atoms with Gasteiger partial charge in [0, 0.05) is 34.4 Å². The zero-order valence-electron chi connectivity index (χ0n) is 16.9. The highest BCUT2D eigenvalue weighted by Gasteiger charge is 2.32. The second-order valence-corrected chi connectivity index (χ2v) is 11.7. The normalized spacial score (nSPS) is 18.5. The molecule has 0 saturated carbocycles. The molecule has 1 unspecified atom stereocenters. The molecule has 4 nitrogen and oxygen atoms in total. The van der Waals surface area contributed by atoms with E-state index in [0.29, 0.717) is 32.4 Å². The molecule has 0 N–H and O–H groups in total. The highest BCUT2D eigenvalue weighted by molar-refractivity contribution is 7.99. The van der Waals surface area contributed by atoms with Crippen molar-refractivity contribution in [3.63, 3.8) is 0 Å². The van der Waals surface area contributed by atoms with E-state index in [-0.39, 0.29) is 10.9 Å². The zero-order chi connectivity index (χ0) is 21.9. The molecule has 1 aliphatic heterocycles. The van der Waals surface area contributed by atoms with Crippen LogP contribution in [0.2, 0.25) is 15.1 Å². The Bertz CT molecular complexity index is 971. The fourth-order valence-corrected chi connectivity index (χ4v) is 6.61. The number of likely N-dealkylation sites (tertiary alicyclic amines) is 1. The second-order valence-electron chi connectivity index (χ2n) is 7.44. The minimum absolute atomic E-state index is 0.165. The first kappa shape index (κ1) is 24.0. The third-order valence-electron chi connectivity index (χ3n) is 5.34. The van der Waals surface area contributed by atoms with E-state index in [1.54, 1.807) is 30.3 Å². The van der Waals surface area contributed by atoms with Gasteiger partial charge in [-0.05, 0) is 75.0 Å². The second kappa shape index (κ2) is 10.3. The summed E-state index contributed by atoms with van der Waals surface area (Å²) in [7, 11) is -3.86. The van der Waals surface area contributed by atoms with Crippen molar-refractivity contribution in [3.05, 3.63) is 57.5 Å². The molecule has 0 radical (unpaired) electrons. The van der Waals surface area contributed by atoms with Gasteiger partial charge in [-0.2, -0.15) is 11.8 Å². The van der Waals surface area contributed by atoms with Gasteiger partial charge in [-0.15, -0.1) is 0 Å². The Morgan fingerprint density at radius 3 is 2.43 bits per heavy atom. The molecule has 0 bridgehead atoms. The standard InChI is InChI=1S/C21H25Cl3N2O2S2/c1-15(9-11-25-12-10-18(14-25)29-2)26(21-13-17(23)5-8-20(21)24)30(27,28)19-6-3-16(22)4-7-19/h3-8,13,15,18H,9-12,14H2,1-2H3/t15-,18?/m1/s1. The first-order chi connectivity index (χ1) is 14.2. The van der Waals surface area contributed by atoms with Gasteiger partial charge in [-0.25, -0.2) is 8.42 Å². The number of rotatable bonds is 8. The molecule has 1 saturated heterocycles. The van der Waals surface area contributed by atoms with Crippen LogP contribution in [0.1, 0.15) is 19.8 Å². The van der Waals surface area contributed by atoms with E-state index in [1.807, 2.05) is 18.7 Å². The molecule has 9 heteroatoms. The predicted octanol–water partition coefficient (Wildman–Crippen LogP) is 6.06. The molecule has 2 aromatic carbocycles. The summed E-state index contributed by atoms with van der Waals surface area (Å²) in [5, 5.41) is 1.90. The Labute approximate surface area is 198 Å². The maximum Gasteiger partial charge on any atom is 0.264 e. The maximum absolute atomic E-state index is 13.6. The molecule has 164 valence electrons. The number of thioether (sulfide) groups is 1. The SMILES string of the molecule is CSC1CCN(CC[C@@H](C)N(c2cc(Cl)ccc2Cl)S(=O)(=O)c2ccc(Cl)cc2)C1. The Morgan fingerprint density at radius 2 is 1.80 bits per heavy atom. The van der Waals surface area contributed by atoms with Crippen LogP contribution in [0.3, 0.4) is 0 Å². The van der Waals surface area contributed by atoms with Crippen LogP contribution in [0.5, 0.6) is 0 Å². The lowest BCUT2D eigenvalue weighted by Crippen LogP contribution is -2.41. The number of nitrogens with zero attached hydrogens (tertiary/aromatic N) is 2. The first-order valence-corrected chi connectivity index (χ1v) is 13.6. The van der Waals surface area contributed by atoms with Crippen LogP contribution in [0.15, 0.2) is 47.4 Å². The molecule has 1 heterocycles. The van der Waals surface area contributed by atoms with Crippen molar-refractivity contribution in [2.45, 2.75) is 36.0 Å². The lowest BCUT2D eigenvalue weighted by molar-refractivity contribution is 0.325. The van der Waals surface area contributed by atoms with E-state index in [4.69, 9.17) is 34.8 Å². The van der Waals surface area contributed by atoms with Crippen LogP contribution >= 0.6 is 46.6 Å². The van der Waals surface area contributed by atoms with Crippen molar-refractivity contribution in [3.8, 4) is 0 Å². The number of hydrogen-bond acceptors (Lipinski definition) is 4. The molecule has 1 fully saturated rings. The van der Waals surface area contributed by atoms with E-state index in [2.05, 4.69) is 11.2 Å². The van der Waals surface area contributed by atoms with E-state index in [1.165, 1.54) is 22.9 Å². The monoisotopic (exact) mass is 506 g/mol. The van der Waals surface area contributed by atoms with Crippen molar-refractivity contribution in [1.29, 1.82) is 0 Å². The largest absolute Gasteiger partial charge is 0.302 e. The third-order valence-corrected chi connectivity index (χ3v) is 9.14. The zero-order valence-corrected chi connectivity index (χ0v) is 20.8. The van der Waals surface area contributed by atoms with Crippen molar-refractivity contribution < 1.29 is 8.42 Å². The summed E-state index contributed by atoms with van der Waals surface area (Å²) >= 11 is 20.5. The van der Waals surface area contributed by atoms with Crippen LogP contribution in [-0.2, 0) is 10.0 Å². The van der Waals surface area contributed by atoms with Crippen LogP contribution in [0.25, 0.3) is 0 Å². The van der Waals surface area contributed by atoms with Gasteiger partial charge in [-0.1, -0.05) is 34.8 Å².